The molecule has 8 rings (SSSR count). The van der Waals surface area contributed by atoms with E-state index in [4.69, 9.17) is 27.9 Å². The highest BCUT2D eigenvalue weighted by atomic mass is 35.5. The standard InChI is InChI=1S/C41H40Cl2N2O3/c1-3-48-41(47)30-22-45(23-30)38-17-13-26-19-28(11-15-32(26)38)34-7-5-9-36(40(34)43)35-8-4-6-33(39(35)42)27-10-14-31-25(18-27)12-16-37(31)44-20-29(21-44)24(2)46/h4-11,14-15,18-19,29-30,37-38H,3,12-13,16-17,20-23H2,1-2H3/t37-,38-/m0/s1. The Hall–Kier alpha value is -3.48. The van der Waals surface area contributed by atoms with Crippen LogP contribution in [-0.4, -0.2) is 54.3 Å². The fraction of sp³-hybridized carbons (Fsp3) is 0.366. The van der Waals surface area contributed by atoms with E-state index in [1.54, 1.807) is 6.92 Å². The van der Waals surface area contributed by atoms with Crippen molar-refractivity contribution in [1.29, 1.82) is 0 Å². The average Bonchev–Trinajstić information content (AvgIpc) is 3.64. The summed E-state index contributed by atoms with van der Waals surface area (Å²) >= 11 is 14.4. The Morgan fingerprint density at radius 3 is 1.60 bits per heavy atom. The molecule has 0 amide bonds. The number of rotatable bonds is 8. The highest BCUT2D eigenvalue weighted by Crippen LogP contribution is 2.46. The summed E-state index contributed by atoms with van der Waals surface area (Å²) in [5.74, 6) is 0.416. The zero-order valence-corrected chi connectivity index (χ0v) is 29.0. The second-order valence-electron chi connectivity index (χ2n) is 13.9. The molecule has 0 radical (unpaired) electrons. The average molecular weight is 680 g/mol. The molecule has 5 nitrogen and oxygen atoms in total. The number of ketones is 1. The van der Waals surface area contributed by atoms with Crippen molar-refractivity contribution >= 4 is 35.0 Å². The number of likely N-dealkylation sites (tertiary alicyclic amines) is 2. The number of benzene rings is 4. The minimum absolute atomic E-state index is 0.00633. The van der Waals surface area contributed by atoms with E-state index in [0.717, 1.165) is 85.2 Å². The van der Waals surface area contributed by atoms with Crippen LogP contribution in [0.5, 0.6) is 0 Å². The first-order valence-corrected chi connectivity index (χ1v) is 18.0. The maximum absolute atomic E-state index is 12.1. The van der Waals surface area contributed by atoms with E-state index in [1.165, 1.54) is 22.3 Å². The maximum Gasteiger partial charge on any atom is 0.311 e. The number of hydrogen-bond donors (Lipinski definition) is 0. The lowest BCUT2D eigenvalue weighted by Crippen LogP contribution is -2.51. The maximum atomic E-state index is 12.1. The molecule has 0 N–H and O–H groups in total. The van der Waals surface area contributed by atoms with Gasteiger partial charge in [-0.15, -0.1) is 0 Å². The number of carbonyl (C=O) groups is 2. The van der Waals surface area contributed by atoms with Crippen molar-refractivity contribution < 1.29 is 14.3 Å². The molecular formula is C41H40Cl2N2O3. The van der Waals surface area contributed by atoms with Crippen LogP contribution < -0.4 is 0 Å². The summed E-state index contributed by atoms with van der Waals surface area (Å²) in [4.78, 5) is 28.8. The molecule has 4 aromatic carbocycles. The zero-order chi connectivity index (χ0) is 33.1. The third-order valence-electron chi connectivity index (χ3n) is 11.2. The van der Waals surface area contributed by atoms with Gasteiger partial charge in [0.2, 0.25) is 0 Å². The van der Waals surface area contributed by atoms with Crippen LogP contribution in [0.4, 0.5) is 0 Å². The van der Waals surface area contributed by atoms with E-state index in [2.05, 4.69) is 82.6 Å². The highest BCUT2D eigenvalue weighted by Gasteiger charge is 2.41. The van der Waals surface area contributed by atoms with E-state index in [1.807, 2.05) is 6.92 Å². The summed E-state index contributed by atoms with van der Waals surface area (Å²) in [5.41, 5.74) is 11.5. The second kappa shape index (κ2) is 12.8. The minimum Gasteiger partial charge on any atom is -0.466 e. The van der Waals surface area contributed by atoms with Crippen molar-refractivity contribution in [2.75, 3.05) is 32.8 Å². The molecule has 48 heavy (non-hydrogen) atoms. The highest BCUT2D eigenvalue weighted by molar-refractivity contribution is 6.39. The normalized spacial score (nSPS) is 21.0. The van der Waals surface area contributed by atoms with Crippen molar-refractivity contribution in [2.45, 2.75) is 51.6 Å². The Kier molecular flexibility index (Phi) is 8.45. The van der Waals surface area contributed by atoms with Gasteiger partial charge in [0, 0.05) is 66.4 Å². The lowest BCUT2D eigenvalue weighted by molar-refractivity contribution is -0.155. The SMILES string of the molecule is CCOC(=O)C1CN([C@H]2CCc3cc(-c4cccc(-c5cccc(-c6ccc7c(c6)CC[C@@H]7N6CC(C(C)=O)C6)c5Cl)c4Cl)ccc32)C1. The number of aryl methyl sites for hydroxylation is 2. The van der Waals surface area contributed by atoms with E-state index >= 15 is 0 Å². The predicted octanol–water partition coefficient (Wildman–Crippen LogP) is 8.98. The molecule has 0 aromatic heterocycles. The second-order valence-corrected chi connectivity index (χ2v) is 14.7. The van der Waals surface area contributed by atoms with Crippen LogP contribution in [0.25, 0.3) is 33.4 Å². The van der Waals surface area contributed by atoms with Gasteiger partial charge >= 0.3 is 5.97 Å². The van der Waals surface area contributed by atoms with E-state index in [-0.39, 0.29) is 17.8 Å². The Bertz CT molecular complexity index is 1930. The Labute approximate surface area is 292 Å². The van der Waals surface area contributed by atoms with E-state index in [0.29, 0.717) is 34.5 Å². The first-order valence-electron chi connectivity index (χ1n) is 17.3. The predicted molar refractivity (Wildman–Crippen MR) is 192 cm³/mol. The van der Waals surface area contributed by atoms with Crippen LogP contribution in [-0.2, 0) is 27.2 Å². The van der Waals surface area contributed by atoms with Gasteiger partial charge in [-0.05, 0) is 72.9 Å². The summed E-state index contributed by atoms with van der Waals surface area (Å²) in [6, 6.07) is 26.6. The fourth-order valence-corrected chi connectivity index (χ4v) is 9.08. The van der Waals surface area contributed by atoms with Gasteiger partial charge in [-0.3, -0.25) is 19.4 Å². The summed E-state index contributed by atoms with van der Waals surface area (Å²) in [6.45, 7) is 7.29. The minimum atomic E-state index is -0.0731. The molecule has 2 aliphatic carbocycles. The molecule has 2 fully saturated rings. The third kappa shape index (κ3) is 5.49. The molecule has 0 unspecified atom stereocenters. The fourth-order valence-electron chi connectivity index (χ4n) is 8.41. The van der Waals surface area contributed by atoms with Gasteiger partial charge in [-0.2, -0.15) is 0 Å². The number of halogens is 2. The van der Waals surface area contributed by atoms with Crippen LogP contribution >= 0.6 is 23.2 Å². The number of fused-ring (bicyclic) bond motifs is 2. The summed E-state index contributed by atoms with van der Waals surface area (Å²) in [7, 11) is 0. The lowest BCUT2D eigenvalue weighted by Gasteiger charge is -2.42. The first-order chi connectivity index (χ1) is 23.3. The number of ether oxygens (including phenoxy) is 1. The molecule has 2 aliphatic heterocycles. The molecule has 2 atom stereocenters. The van der Waals surface area contributed by atoms with Crippen LogP contribution in [0, 0.1) is 11.8 Å². The first kappa shape index (κ1) is 31.8. The van der Waals surface area contributed by atoms with Crippen molar-refractivity contribution in [1.82, 2.24) is 9.80 Å². The molecule has 246 valence electrons. The molecule has 7 heteroatoms. The van der Waals surface area contributed by atoms with Gasteiger partial charge in [-0.1, -0.05) is 96.0 Å². The van der Waals surface area contributed by atoms with Crippen LogP contribution in [0.15, 0.2) is 72.8 Å². The van der Waals surface area contributed by atoms with Crippen molar-refractivity contribution in [3.05, 3.63) is 105 Å². The van der Waals surface area contributed by atoms with E-state index in [9.17, 15) is 9.59 Å². The topological polar surface area (TPSA) is 49.9 Å². The summed E-state index contributed by atoms with van der Waals surface area (Å²) in [6.07, 6.45) is 4.20. The van der Waals surface area contributed by atoms with Gasteiger partial charge in [-0.25, -0.2) is 0 Å². The number of nitrogens with zero attached hydrogens (tertiary/aromatic N) is 2. The third-order valence-corrected chi connectivity index (χ3v) is 12.0. The molecule has 4 aliphatic rings. The summed E-state index contributed by atoms with van der Waals surface area (Å²) in [5, 5.41) is 1.40. The van der Waals surface area contributed by atoms with Gasteiger partial charge in [0.05, 0.1) is 22.6 Å². The van der Waals surface area contributed by atoms with Crippen molar-refractivity contribution in [3.8, 4) is 33.4 Å². The molecule has 4 aromatic rings. The molecule has 2 heterocycles. The van der Waals surface area contributed by atoms with Crippen LogP contribution in [0.1, 0.15) is 61.0 Å². The van der Waals surface area contributed by atoms with Gasteiger partial charge in [0.25, 0.3) is 0 Å². The van der Waals surface area contributed by atoms with Gasteiger partial charge < -0.3 is 4.74 Å². The van der Waals surface area contributed by atoms with Crippen LogP contribution in [0.2, 0.25) is 10.0 Å². The number of esters is 1. The van der Waals surface area contributed by atoms with Crippen LogP contribution in [0.3, 0.4) is 0 Å². The largest absolute Gasteiger partial charge is 0.466 e. The van der Waals surface area contributed by atoms with Crippen molar-refractivity contribution in [2.24, 2.45) is 11.8 Å². The van der Waals surface area contributed by atoms with E-state index < -0.39 is 0 Å². The lowest BCUT2D eigenvalue weighted by atomic mass is 9.91. The molecule has 0 spiro atoms. The Balaban J connectivity index is 1.03. The monoisotopic (exact) mass is 678 g/mol. The molecule has 0 bridgehead atoms. The molecular weight excluding hydrogens is 639 g/mol. The zero-order valence-electron chi connectivity index (χ0n) is 27.5. The number of Topliss-reactive ketones (excluding diaryl/α,β-unsaturated/α-hetero) is 1. The Morgan fingerprint density at radius 1 is 0.688 bits per heavy atom. The van der Waals surface area contributed by atoms with Crippen molar-refractivity contribution in [3.63, 3.8) is 0 Å². The van der Waals surface area contributed by atoms with Gasteiger partial charge in [0.15, 0.2) is 0 Å². The number of hydrogen-bond acceptors (Lipinski definition) is 5. The molecule has 2 saturated heterocycles. The quantitative estimate of drug-likeness (QED) is 0.174. The number of carbonyl (C=O) groups excluding carboxylic acids is 2. The molecule has 0 saturated carbocycles. The Morgan fingerprint density at radius 2 is 1.15 bits per heavy atom. The van der Waals surface area contributed by atoms with Gasteiger partial charge in [0.1, 0.15) is 5.78 Å². The summed E-state index contributed by atoms with van der Waals surface area (Å²) < 4.78 is 5.22. The smallest absolute Gasteiger partial charge is 0.311 e.